The molecule has 222 valence electrons. The van der Waals surface area contributed by atoms with Gasteiger partial charge >= 0.3 is 6.18 Å². The first-order valence-corrected chi connectivity index (χ1v) is 15.8. The van der Waals surface area contributed by atoms with Crippen LogP contribution in [0, 0.1) is 5.92 Å². The predicted octanol–water partition coefficient (Wildman–Crippen LogP) is 6.84. The first-order valence-electron chi connectivity index (χ1n) is 13.5. The lowest BCUT2D eigenvalue weighted by atomic mass is 9.83. The van der Waals surface area contributed by atoms with Crippen LogP contribution >= 0.6 is 11.3 Å². The van der Waals surface area contributed by atoms with Crippen LogP contribution in [0.25, 0.3) is 21.2 Å². The molecule has 0 bridgehead atoms. The van der Waals surface area contributed by atoms with Crippen molar-refractivity contribution in [2.24, 2.45) is 5.92 Å². The van der Waals surface area contributed by atoms with Crippen LogP contribution in [0.1, 0.15) is 67.4 Å². The van der Waals surface area contributed by atoms with E-state index in [0.29, 0.717) is 40.8 Å². The number of thiazole rings is 1. The number of rotatable bonds is 8. The molecule has 0 radical (unpaired) electrons. The van der Waals surface area contributed by atoms with Gasteiger partial charge in [0.25, 0.3) is 5.91 Å². The first kappa shape index (κ1) is 29.8. The molecule has 41 heavy (non-hydrogen) atoms. The number of amides is 1. The van der Waals surface area contributed by atoms with Gasteiger partial charge in [0.1, 0.15) is 6.04 Å². The maximum atomic E-state index is 13.8. The molecule has 2 N–H and O–H groups in total. The fourth-order valence-electron chi connectivity index (χ4n) is 5.24. The van der Waals surface area contributed by atoms with Crippen molar-refractivity contribution in [2.75, 3.05) is 0 Å². The summed E-state index contributed by atoms with van der Waals surface area (Å²) in [5, 5.41) is 3.86. The normalized spacial score (nSPS) is 19.2. The van der Waals surface area contributed by atoms with Crippen LogP contribution in [-0.4, -0.2) is 43.5 Å². The van der Waals surface area contributed by atoms with Gasteiger partial charge in [0.05, 0.1) is 15.5 Å². The molecule has 2 fully saturated rings. The Balaban J connectivity index is 1.55. The molecule has 3 aromatic rings. The second kappa shape index (κ2) is 11.2. The number of sulfonamides is 1. The van der Waals surface area contributed by atoms with Gasteiger partial charge in [-0.25, -0.2) is 22.2 Å². The monoisotopic (exact) mass is 615 g/mol. The fraction of sp³-hybridized carbons (Fsp3) is 0.500. The minimum atomic E-state index is -4.76. The molecule has 2 aliphatic rings. The SMILES string of the molecule is C[C@H](NS(=O)(=O)c1ccc(-c2sc(C(=O)NC3CCC3)nc2CC2CCC(F)(F)CC2)c2ccccc12)C(F)(F)F. The van der Waals surface area contributed by atoms with Gasteiger partial charge in [0.15, 0.2) is 5.01 Å². The Bertz CT molecular complexity index is 1540. The Kier molecular flexibility index (Phi) is 8.16. The van der Waals surface area contributed by atoms with Gasteiger partial charge < -0.3 is 5.32 Å². The van der Waals surface area contributed by atoms with Gasteiger partial charge in [-0.3, -0.25) is 4.79 Å². The van der Waals surface area contributed by atoms with E-state index in [0.717, 1.165) is 37.5 Å². The van der Waals surface area contributed by atoms with Gasteiger partial charge in [-0.2, -0.15) is 17.9 Å². The summed E-state index contributed by atoms with van der Waals surface area (Å²) >= 11 is 1.14. The molecule has 0 saturated heterocycles. The topological polar surface area (TPSA) is 88.2 Å². The van der Waals surface area contributed by atoms with E-state index in [1.807, 2.05) is 0 Å². The van der Waals surface area contributed by atoms with Crippen LogP contribution in [0.2, 0.25) is 0 Å². The zero-order chi connectivity index (χ0) is 29.6. The first-order chi connectivity index (χ1) is 19.2. The Hall–Kier alpha value is -2.64. The minimum absolute atomic E-state index is 0.0583. The number of aromatic nitrogens is 1. The highest BCUT2D eigenvalue weighted by Gasteiger charge is 2.39. The Morgan fingerprint density at radius 2 is 1.73 bits per heavy atom. The van der Waals surface area contributed by atoms with E-state index < -0.39 is 28.2 Å². The molecule has 1 amide bonds. The molecular formula is C28H30F5N3O3S2. The third kappa shape index (κ3) is 6.56. The van der Waals surface area contributed by atoms with Crippen molar-refractivity contribution in [3.05, 3.63) is 47.1 Å². The van der Waals surface area contributed by atoms with E-state index in [-0.39, 0.29) is 46.0 Å². The highest BCUT2D eigenvalue weighted by atomic mass is 32.2. The number of halogens is 5. The zero-order valence-corrected chi connectivity index (χ0v) is 23.9. The standard InChI is InChI=1S/C28H30F5N3O3S2/c1-16(28(31,32)33)36-41(38,39)23-10-9-21(19-7-2-3-8-20(19)23)24-22(15-17-11-13-27(29,30)14-12-17)35-26(40-24)25(37)34-18-5-4-6-18/h2-3,7-10,16-18,36H,4-6,11-15H2,1H3,(H,34,37)/t16-/m0/s1. The number of carbonyl (C=O) groups excluding carboxylic acids is 1. The van der Waals surface area contributed by atoms with Crippen LogP contribution in [-0.2, 0) is 16.4 Å². The summed E-state index contributed by atoms with van der Waals surface area (Å²) in [5.41, 5.74) is 1.13. The molecule has 2 saturated carbocycles. The predicted molar refractivity (Wildman–Crippen MR) is 147 cm³/mol. The maximum Gasteiger partial charge on any atom is 0.404 e. The molecule has 1 atom stereocenters. The number of nitrogens with one attached hydrogen (secondary N) is 2. The Morgan fingerprint density at radius 3 is 2.34 bits per heavy atom. The summed E-state index contributed by atoms with van der Waals surface area (Å²) in [6.45, 7) is 0.731. The van der Waals surface area contributed by atoms with E-state index in [4.69, 9.17) is 0 Å². The third-order valence-corrected chi connectivity index (χ3v) is 10.6. The summed E-state index contributed by atoms with van der Waals surface area (Å²) in [7, 11) is -4.55. The van der Waals surface area contributed by atoms with Crippen molar-refractivity contribution in [2.45, 2.75) is 87.4 Å². The summed E-state index contributed by atoms with van der Waals surface area (Å²) in [5.74, 6) is -3.07. The van der Waals surface area contributed by atoms with Crippen molar-refractivity contribution >= 4 is 38.0 Å². The number of carbonyl (C=O) groups is 1. The molecule has 2 aromatic carbocycles. The number of benzene rings is 2. The molecule has 0 unspecified atom stereocenters. The maximum absolute atomic E-state index is 13.8. The van der Waals surface area contributed by atoms with Crippen molar-refractivity contribution in [3.63, 3.8) is 0 Å². The van der Waals surface area contributed by atoms with Gasteiger partial charge in [-0.15, -0.1) is 11.3 Å². The highest BCUT2D eigenvalue weighted by Crippen LogP contribution is 2.42. The number of hydrogen-bond acceptors (Lipinski definition) is 5. The third-order valence-electron chi connectivity index (χ3n) is 7.89. The minimum Gasteiger partial charge on any atom is -0.347 e. The summed E-state index contributed by atoms with van der Waals surface area (Å²) in [6, 6.07) is 6.99. The molecule has 13 heteroatoms. The summed E-state index contributed by atoms with van der Waals surface area (Å²) in [4.78, 5) is 17.9. The van der Waals surface area contributed by atoms with Gasteiger partial charge in [-0.1, -0.05) is 30.3 Å². The van der Waals surface area contributed by atoms with Crippen molar-refractivity contribution in [3.8, 4) is 10.4 Å². The van der Waals surface area contributed by atoms with Gasteiger partial charge in [0.2, 0.25) is 15.9 Å². The van der Waals surface area contributed by atoms with E-state index in [9.17, 15) is 35.2 Å². The van der Waals surface area contributed by atoms with Crippen LogP contribution in [0.3, 0.4) is 0 Å². The molecule has 0 aliphatic heterocycles. The lowest BCUT2D eigenvalue weighted by Crippen LogP contribution is -2.43. The largest absolute Gasteiger partial charge is 0.404 e. The number of alkyl halides is 5. The smallest absolute Gasteiger partial charge is 0.347 e. The van der Waals surface area contributed by atoms with Gasteiger partial charge in [0, 0.05) is 29.8 Å². The molecule has 6 nitrogen and oxygen atoms in total. The second-order valence-corrected chi connectivity index (χ2v) is 13.6. The van der Waals surface area contributed by atoms with Crippen LogP contribution in [0.15, 0.2) is 41.3 Å². The lowest BCUT2D eigenvalue weighted by molar-refractivity contribution is -0.147. The Labute approximate surface area is 238 Å². The van der Waals surface area contributed by atoms with Crippen LogP contribution in [0.4, 0.5) is 22.0 Å². The average Bonchev–Trinajstić information content (AvgIpc) is 3.29. The summed E-state index contributed by atoms with van der Waals surface area (Å²) < 4.78 is 94.8. The Morgan fingerprint density at radius 1 is 1.07 bits per heavy atom. The van der Waals surface area contributed by atoms with E-state index in [1.54, 1.807) is 22.9 Å². The van der Waals surface area contributed by atoms with E-state index in [2.05, 4.69) is 10.3 Å². The van der Waals surface area contributed by atoms with Crippen molar-refractivity contribution < 1.29 is 35.2 Å². The second-order valence-electron chi connectivity index (χ2n) is 10.9. The molecule has 1 heterocycles. The van der Waals surface area contributed by atoms with Crippen molar-refractivity contribution in [1.82, 2.24) is 15.0 Å². The molecule has 2 aliphatic carbocycles. The average molecular weight is 616 g/mol. The lowest BCUT2D eigenvalue weighted by Gasteiger charge is -2.28. The number of hydrogen-bond donors (Lipinski definition) is 2. The highest BCUT2D eigenvalue weighted by molar-refractivity contribution is 7.89. The molecule has 0 spiro atoms. The number of nitrogens with zero attached hydrogens (tertiary/aromatic N) is 1. The summed E-state index contributed by atoms with van der Waals surface area (Å²) in [6.07, 6.45) is -1.40. The van der Waals surface area contributed by atoms with Crippen LogP contribution in [0.5, 0.6) is 0 Å². The van der Waals surface area contributed by atoms with Crippen LogP contribution < -0.4 is 10.0 Å². The quantitative estimate of drug-likeness (QED) is 0.272. The molecular weight excluding hydrogens is 585 g/mol. The van der Waals surface area contributed by atoms with Crippen molar-refractivity contribution in [1.29, 1.82) is 0 Å². The number of fused-ring (bicyclic) bond motifs is 1. The van der Waals surface area contributed by atoms with E-state index in [1.165, 1.54) is 18.2 Å². The van der Waals surface area contributed by atoms with E-state index >= 15 is 0 Å². The zero-order valence-electron chi connectivity index (χ0n) is 22.2. The van der Waals surface area contributed by atoms with Gasteiger partial charge in [-0.05, 0) is 62.8 Å². The fourth-order valence-corrected chi connectivity index (χ4v) is 7.72. The molecule has 5 rings (SSSR count). The molecule has 1 aromatic heterocycles.